The molecule has 1 aliphatic heterocycles. The molecule has 0 atom stereocenters. The van der Waals surface area contributed by atoms with Gasteiger partial charge in [-0.3, -0.25) is 4.72 Å². The average molecular weight is 407 g/mol. The molecule has 3 rings (SSSR count). The minimum absolute atomic E-state index is 0.360. The van der Waals surface area contributed by atoms with Crippen LogP contribution in [0.3, 0.4) is 0 Å². The second-order valence-corrected chi connectivity index (χ2v) is 9.52. The molecule has 1 heterocycles. The van der Waals surface area contributed by atoms with Gasteiger partial charge in [-0.2, -0.15) is 0 Å². The molecule has 6 nitrogen and oxygen atoms in total. The van der Waals surface area contributed by atoms with E-state index in [0.717, 1.165) is 6.26 Å². The highest BCUT2D eigenvalue weighted by molar-refractivity contribution is 7.92. The van der Waals surface area contributed by atoms with Gasteiger partial charge in [0, 0.05) is 11.2 Å². The van der Waals surface area contributed by atoms with Gasteiger partial charge in [-0.15, -0.1) is 0 Å². The van der Waals surface area contributed by atoms with Crippen molar-refractivity contribution in [3.63, 3.8) is 0 Å². The number of ether oxygens (including phenoxy) is 1. The Bertz CT molecular complexity index is 960. The SMILES string of the molecule is CC1(C)OB(c2cc(NS(C)(=O)=O)ccc2Oc2ccc(F)cc2)OC1(C)C. The Morgan fingerprint density at radius 3 is 2.11 bits per heavy atom. The number of rotatable bonds is 5. The van der Waals surface area contributed by atoms with Crippen LogP contribution in [0.2, 0.25) is 0 Å². The molecule has 0 aromatic heterocycles. The van der Waals surface area contributed by atoms with E-state index in [1.165, 1.54) is 24.3 Å². The van der Waals surface area contributed by atoms with Gasteiger partial charge in [-0.05, 0) is 70.2 Å². The molecule has 1 N–H and O–H groups in total. The zero-order valence-electron chi connectivity index (χ0n) is 16.4. The van der Waals surface area contributed by atoms with E-state index in [1.807, 2.05) is 27.7 Å². The normalized spacial score (nSPS) is 18.1. The lowest BCUT2D eigenvalue weighted by Gasteiger charge is -2.32. The Labute approximate surface area is 165 Å². The molecule has 0 aliphatic carbocycles. The number of benzene rings is 2. The van der Waals surface area contributed by atoms with Crippen LogP contribution in [0.4, 0.5) is 10.1 Å². The lowest BCUT2D eigenvalue weighted by atomic mass is 9.78. The standard InChI is InChI=1S/C19H23BFNO5S/c1-18(2)19(3,4)27-20(26-18)16-12-14(22-28(5,23)24)8-11-17(16)25-15-9-6-13(21)7-10-15/h6-12,22H,1-5H3. The van der Waals surface area contributed by atoms with Crippen LogP contribution in [0.25, 0.3) is 0 Å². The first-order valence-corrected chi connectivity index (χ1v) is 10.7. The van der Waals surface area contributed by atoms with Gasteiger partial charge in [0.05, 0.1) is 17.5 Å². The van der Waals surface area contributed by atoms with Crippen LogP contribution < -0.4 is 14.9 Å². The van der Waals surface area contributed by atoms with Crippen molar-refractivity contribution < 1.29 is 26.9 Å². The van der Waals surface area contributed by atoms with Crippen LogP contribution in [0, 0.1) is 5.82 Å². The van der Waals surface area contributed by atoms with Crippen molar-refractivity contribution in [1.29, 1.82) is 0 Å². The van der Waals surface area contributed by atoms with E-state index >= 15 is 0 Å². The maximum Gasteiger partial charge on any atom is 0.498 e. The fraction of sp³-hybridized carbons (Fsp3) is 0.368. The maximum absolute atomic E-state index is 13.2. The highest BCUT2D eigenvalue weighted by atomic mass is 32.2. The molecule has 9 heteroatoms. The second kappa shape index (κ2) is 7.06. The van der Waals surface area contributed by atoms with Crippen molar-refractivity contribution in [1.82, 2.24) is 0 Å². The summed E-state index contributed by atoms with van der Waals surface area (Å²) in [5.74, 6) is 0.485. The third-order valence-corrected chi connectivity index (χ3v) is 5.47. The van der Waals surface area contributed by atoms with Crippen LogP contribution in [-0.4, -0.2) is 33.0 Å². The maximum atomic E-state index is 13.2. The fourth-order valence-corrected chi connectivity index (χ4v) is 3.26. The number of anilines is 1. The number of hydrogen-bond acceptors (Lipinski definition) is 5. The van der Waals surface area contributed by atoms with Crippen LogP contribution in [0.5, 0.6) is 11.5 Å². The average Bonchev–Trinajstić information content (AvgIpc) is 2.77. The Kier molecular flexibility index (Phi) is 5.20. The summed E-state index contributed by atoms with van der Waals surface area (Å²) in [5.41, 5.74) is -0.272. The predicted octanol–water partition coefficient (Wildman–Crippen LogP) is 3.29. The van der Waals surface area contributed by atoms with Crippen molar-refractivity contribution in [3.05, 3.63) is 48.3 Å². The Balaban J connectivity index is 2.00. The molecule has 1 aliphatic rings. The molecule has 0 radical (unpaired) electrons. The topological polar surface area (TPSA) is 73.9 Å². The van der Waals surface area contributed by atoms with E-state index in [9.17, 15) is 12.8 Å². The number of nitrogens with one attached hydrogen (secondary N) is 1. The summed E-state index contributed by atoms with van der Waals surface area (Å²) in [4.78, 5) is 0. The van der Waals surface area contributed by atoms with E-state index in [2.05, 4.69) is 4.72 Å². The number of hydrogen-bond donors (Lipinski definition) is 1. The quantitative estimate of drug-likeness (QED) is 0.771. The summed E-state index contributed by atoms with van der Waals surface area (Å²) in [6.07, 6.45) is 1.07. The Hall–Kier alpha value is -2.10. The van der Waals surface area contributed by atoms with Gasteiger partial charge in [0.15, 0.2) is 0 Å². The molecule has 2 aromatic rings. The van der Waals surface area contributed by atoms with Crippen molar-refractivity contribution in [2.45, 2.75) is 38.9 Å². The van der Waals surface area contributed by atoms with E-state index in [-0.39, 0.29) is 5.82 Å². The fourth-order valence-electron chi connectivity index (χ4n) is 2.70. The molecule has 0 spiro atoms. The predicted molar refractivity (Wildman–Crippen MR) is 107 cm³/mol. The van der Waals surface area contributed by atoms with Crippen molar-refractivity contribution >= 4 is 28.3 Å². The second-order valence-electron chi connectivity index (χ2n) is 7.77. The highest BCUT2D eigenvalue weighted by Gasteiger charge is 2.52. The minimum Gasteiger partial charge on any atom is -0.458 e. The molecule has 28 heavy (non-hydrogen) atoms. The summed E-state index contributed by atoms with van der Waals surface area (Å²) in [6, 6.07) is 10.4. The molecule has 0 amide bonds. The summed E-state index contributed by atoms with van der Waals surface area (Å²) < 4.78 is 56.9. The van der Waals surface area contributed by atoms with E-state index < -0.39 is 28.3 Å². The molecular formula is C19H23BFNO5S. The molecule has 0 unspecified atom stereocenters. The molecule has 1 fully saturated rings. The number of halogens is 1. The van der Waals surface area contributed by atoms with E-state index in [4.69, 9.17) is 14.0 Å². The van der Waals surface area contributed by atoms with E-state index in [0.29, 0.717) is 22.6 Å². The van der Waals surface area contributed by atoms with Gasteiger partial charge in [0.2, 0.25) is 10.0 Å². The van der Waals surface area contributed by atoms with Gasteiger partial charge in [-0.25, -0.2) is 12.8 Å². The smallest absolute Gasteiger partial charge is 0.458 e. The minimum atomic E-state index is -3.45. The highest BCUT2D eigenvalue weighted by Crippen LogP contribution is 2.37. The van der Waals surface area contributed by atoms with Crippen LogP contribution in [0.15, 0.2) is 42.5 Å². The van der Waals surface area contributed by atoms with Crippen LogP contribution in [0.1, 0.15) is 27.7 Å². The van der Waals surface area contributed by atoms with Crippen molar-refractivity contribution in [2.75, 3.05) is 11.0 Å². The molecular weight excluding hydrogens is 384 g/mol. The van der Waals surface area contributed by atoms with Crippen molar-refractivity contribution in [3.8, 4) is 11.5 Å². The molecule has 2 aromatic carbocycles. The molecule has 0 saturated carbocycles. The molecule has 1 saturated heterocycles. The van der Waals surface area contributed by atoms with Gasteiger partial charge >= 0.3 is 7.12 Å². The van der Waals surface area contributed by atoms with E-state index in [1.54, 1.807) is 18.2 Å². The summed E-state index contributed by atoms with van der Waals surface area (Å²) in [5, 5.41) is 0. The monoisotopic (exact) mass is 407 g/mol. The van der Waals surface area contributed by atoms with Gasteiger partial charge in [0.1, 0.15) is 17.3 Å². The lowest BCUT2D eigenvalue weighted by Crippen LogP contribution is -2.41. The summed E-state index contributed by atoms with van der Waals surface area (Å²) in [6.45, 7) is 7.69. The largest absolute Gasteiger partial charge is 0.498 e. The third-order valence-electron chi connectivity index (χ3n) is 4.86. The van der Waals surface area contributed by atoms with Gasteiger partial charge in [-0.1, -0.05) is 0 Å². The Morgan fingerprint density at radius 2 is 1.57 bits per heavy atom. The van der Waals surface area contributed by atoms with Gasteiger partial charge < -0.3 is 14.0 Å². The zero-order chi connectivity index (χ0) is 20.7. The summed E-state index contributed by atoms with van der Waals surface area (Å²) >= 11 is 0. The Morgan fingerprint density at radius 1 is 1.00 bits per heavy atom. The van der Waals surface area contributed by atoms with Crippen molar-refractivity contribution in [2.24, 2.45) is 0 Å². The van der Waals surface area contributed by atoms with Crippen LogP contribution in [-0.2, 0) is 19.3 Å². The molecule has 150 valence electrons. The van der Waals surface area contributed by atoms with Gasteiger partial charge in [0.25, 0.3) is 0 Å². The third kappa shape index (κ3) is 4.48. The first kappa shape index (κ1) is 20.6. The first-order valence-electron chi connectivity index (χ1n) is 8.77. The zero-order valence-corrected chi connectivity index (χ0v) is 17.3. The summed E-state index contributed by atoms with van der Waals surface area (Å²) in [7, 11) is -4.22. The molecule has 0 bridgehead atoms. The number of sulfonamides is 1. The first-order chi connectivity index (χ1) is 12.9. The lowest BCUT2D eigenvalue weighted by molar-refractivity contribution is 0.00578. The van der Waals surface area contributed by atoms with Crippen LogP contribution >= 0.6 is 0 Å².